The molecule has 26 heavy (non-hydrogen) atoms. The van der Waals surface area contributed by atoms with E-state index in [4.69, 9.17) is 5.11 Å². The summed E-state index contributed by atoms with van der Waals surface area (Å²) in [6.07, 6.45) is 29.1. The van der Waals surface area contributed by atoms with Crippen LogP contribution >= 0.6 is 0 Å². The van der Waals surface area contributed by atoms with E-state index in [-0.39, 0.29) is 18.6 Å². The fraction of sp³-hybridized carbons (Fsp3) is 0.522. The fourth-order valence-corrected chi connectivity index (χ4v) is 2.14. The van der Waals surface area contributed by atoms with Crippen molar-refractivity contribution in [3.05, 3.63) is 60.8 Å². The maximum absolute atomic E-state index is 11.5. The maximum Gasteiger partial charge on any atom is 0.220 e. The third-order valence-corrected chi connectivity index (χ3v) is 3.61. The van der Waals surface area contributed by atoms with Gasteiger partial charge in [0.05, 0.1) is 6.61 Å². The number of carbonyl (C=O) groups is 1. The largest absolute Gasteiger partial charge is 0.394 e. The molecule has 0 aromatic carbocycles. The second-order valence-electron chi connectivity index (χ2n) is 6.25. The van der Waals surface area contributed by atoms with Gasteiger partial charge in [0, 0.05) is 12.5 Å². The van der Waals surface area contributed by atoms with E-state index < -0.39 is 0 Å². The summed E-state index contributed by atoms with van der Waals surface area (Å²) in [5.41, 5.74) is 0. The third kappa shape index (κ3) is 18.5. The molecule has 0 aliphatic heterocycles. The molecule has 0 fully saturated rings. The molecule has 0 spiro atoms. The summed E-state index contributed by atoms with van der Waals surface area (Å²) in [4.78, 5) is 11.5. The van der Waals surface area contributed by atoms with E-state index in [9.17, 15) is 4.79 Å². The zero-order valence-corrected chi connectivity index (χ0v) is 16.6. The Morgan fingerprint density at radius 1 is 0.846 bits per heavy atom. The number of aliphatic hydroxyl groups is 1. The van der Waals surface area contributed by atoms with Crippen molar-refractivity contribution < 1.29 is 9.90 Å². The van der Waals surface area contributed by atoms with Crippen LogP contribution in [0, 0.1) is 0 Å². The quantitative estimate of drug-likeness (QED) is 0.303. The van der Waals surface area contributed by atoms with Gasteiger partial charge in [-0.05, 0) is 51.9 Å². The summed E-state index contributed by atoms with van der Waals surface area (Å²) < 4.78 is 0. The summed E-state index contributed by atoms with van der Waals surface area (Å²) in [6, 6.07) is -0.156. The third-order valence-electron chi connectivity index (χ3n) is 3.61. The first-order valence-corrected chi connectivity index (χ1v) is 9.85. The first kappa shape index (κ1) is 24.1. The lowest BCUT2D eigenvalue weighted by molar-refractivity contribution is -0.122. The molecule has 0 saturated heterocycles. The van der Waals surface area contributed by atoms with Crippen LogP contribution in [0.4, 0.5) is 0 Å². The number of amides is 1. The molecule has 1 atom stereocenters. The molecule has 0 aromatic heterocycles. The van der Waals surface area contributed by atoms with E-state index in [0.717, 1.165) is 44.9 Å². The molecule has 2 N–H and O–H groups in total. The van der Waals surface area contributed by atoms with Crippen LogP contribution in [0.25, 0.3) is 0 Å². The van der Waals surface area contributed by atoms with E-state index in [1.807, 2.05) is 0 Å². The van der Waals surface area contributed by atoms with E-state index >= 15 is 0 Å². The molecule has 0 unspecified atom stereocenters. The first-order chi connectivity index (χ1) is 12.7. The Morgan fingerprint density at radius 2 is 1.31 bits per heavy atom. The molecule has 1 amide bonds. The number of carbonyl (C=O) groups excluding carboxylic acids is 1. The van der Waals surface area contributed by atoms with Crippen LogP contribution < -0.4 is 5.32 Å². The Morgan fingerprint density at radius 3 is 1.77 bits per heavy atom. The highest BCUT2D eigenvalue weighted by Gasteiger charge is 2.04. The van der Waals surface area contributed by atoms with E-state index in [1.165, 1.54) is 0 Å². The molecular weight excluding hydrogens is 322 g/mol. The second-order valence-corrected chi connectivity index (χ2v) is 6.25. The highest BCUT2D eigenvalue weighted by molar-refractivity contribution is 5.76. The van der Waals surface area contributed by atoms with E-state index in [1.54, 1.807) is 6.92 Å². The number of hydrogen-bond donors (Lipinski definition) is 2. The molecule has 0 aliphatic rings. The average molecular weight is 360 g/mol. The second kappa shape index (κ2) is 19.5. The highest BCUT2D eigenvalue weighted by atomic mass is 16.3. The highest BCUT2D eigenvalue weighted by Crippen LogP contribution is 2.00. The van der Waals surface area contributed by atoms with Gasteiger partial charge in [0.15, 0.2) is 0 Å². The predicted octanol–water partition coefficient (Wildman–Crippen LogP) is 5.41. The van der Waals surface area contributed by atoms with Crippen LogP contribution in [0.2, 0.25) is 0 Å². The van der Waals surface area contributed by atoms with Gasteiger partial charge in [-0.1, -0.05) is 67.7 Å². The van der Waals surface area contributed by atoms with Gasteiger partial charge in [-0.2, -0.15) is 0 Å². The van der Waals surface area contributed by atoms with E-state index in [0.29, 0.717) is 6.42 Å². The Labute approximate surface area is 160 Å². The Kier molecular flexibility index (Phi) is 18.1. The SMILES string of the molecule is CC/C=C\C/C=C\C/C=C\C/C=C\C/C=C\CCCC(=O)N[C@@H](C)CO. The van der Waals surface area contributed by atoms with Crippen LogP contribution in [0.15, 0.2) is 60.8 Å². The smallest absolute Gasteiger partial charge is 0.220 e. The predicted molar refractivity (Wildman–Crippen MR) is 113 cm³/mol. The molecule has 146 valence electrons. The van der Waals surface area contributed by atoms with Crippen LogP contribution in [-0.4, -0.2) is 23.7 Å². The van der Waals surface area contributed by atoms with Crippen molar-refractivity contribution in [1.82, 2.24) is 5.32 Å². The number of aliphatic hydroxyl groups excluding tert-OH is 1. The van der Waals surface area contributed by atoms with Crippen LogP contribution in [0.1, 0.15) is 65.2 Å². The summed E-state index contributed by atoms with van der Waals surface area (Å²) in [7, 11) is 0. The minimum absolute atomic E-state index is 0.0129. The lowest BCUT2D eigenvalue weighted by atomic mass is 10.2. The molecule has 0 rings (SSSR count). The van der Waals surface area contributed by atoms with Gasteiger partial charge in [-0.25, -0.2) is 0 Å². The summed E-state index contributed by atoms with van der Waals surface area (Å²) >= 11 is 0. The van der Waals surface area contributed by atoms with Crippen molar-refractivity contribution in [3.63, 3.8) is 0 Å². The Bertz CT molecular complexity index is 473. The van der Waals surface area contributed by atoms with Gasteiger partial charge in [0.25, 0.3) is 0 Å². The molecule has 3 heteroatoms. The molecule has 0 bridgehead atoms. The minimum Gasteiger partial charge on any atom is -0.394 e. The standard InChI is InChI=1S/C23H37NO2/c1-3-4-5-6-7-8-9-10-11-12-13-14-15-16-17-18-19-20-23(26)24-22(2)21-25/h4-5,7-8,10-11,13-14,16-17,22,25H,3,6,9,12,15,18-21H2,1-2H3,(H,24,26)/b5-4-,8-7-,11-10-,14-13-,17-16-/t22-/m0/s1. The molecule has 0 radical (unpaired) electrons. The van der Waals surface area contributed by atoms with Gasteiger partial charge >= 0.3 is 0 Å². The summed E-state index contributed by atoms with van der Waals surface area (Å²) in [5.74, 6) is 0.0129. The van der Waals surface area contributed by atoms with Crippen molar-refractivity contribution >= 4 is 5.91 Å². The number of allylic oxidation sites excluding steroid dienone is 10. The van der Waals surface area contributed by atoms with Crippen molar-refractivity contribution in [2.24, 2.45) is 0 Å². The minimum atomic E-state index is -0.156. The number of rotatable bonds is 15. The molecular formula is C23H37NO2. The van der Waals surface area contributed by atoms with Gasteiger partial charge in [0.2, 0.25) is 5.91 Å². The molecule has 0 aliphatic carbocycles. The number of unbranched alkanes of at least 4 members (excludes halogenated alkanes) is 1. The lowest BCUT2D eigenvalue weighted by Gasteiger charge is -2.09. The topological polar surface area (TPSA) is 49.3 Å². The summed E-state index contributed by atoms with van der Waals surface area (Å²) in [6.45, 7) is 3.93. The Balaban J connectivity index is 3.54. The lowest BCUT2D eigenvalue weighted by Crippen LogP contribution is -2.34. The molecule has 0 saturated carbocycles. The average Bonchev–Trinajstić information content (AvgIpc) is 2.64. The zero-order valence-electron chi connectivity index (χ0n) is 16.6. The zero-order chi connectivity index (χ0) is 19.3. The van der Waals surface area contributed by atoms with Crippen molar-refractivity contribution in [1.29, 1.82) is 0 Å². The normalized spacial score (nSPS) is 13.8. The Hall–Kier alpha value is -1.87. The number of nitrogens with one attached hydrogen (secondary N) is 1. The van der Waals surface area contributed by atoms with Crippen LogP contribution in [0.3, 0.4) is 0 Å². The van der Waals surface area contributed by atoms with Crippen molar-refractivity contribution in [2.75, 3.05) is 6.61 Å². The first-order valence-electron chi connectivity index (χ1n) is 9.85. The van der Waals surface area contributed by atoms with Gasteiger partial charge in [-0.15, -0.1) is 0 Å². The van der Waals surface area contributed by atoms with Crippen molar-refractivity contribution in [2.45, 2.75) is 71.3 Å². The van der Waals surface area contributed by atoms with Crippen LogP contribution in [0.5, 0.6) is 0 Å². The number of hydrogen-bond acceptors (Lipinski definition) is 2. The molecule has 0 heterocycles. The van der Waals surface area contributed by atoms with Crippen LogP contribution in [-0.2, 0) is 4.79 Å². The van der Waals surface area contributed by atoms with Gasteiger partial charge in [-0.3, -0.25) is 4.79 Å². The van der Waals surface area contributed by atoms with E-state index in [2.05, 4.69) is 73.0 Å². The maximum atomic E-state index is 11.5. The monoisotopic (exact) mass is 359 g/mol. The van der Waals surface area contributed by atoms with Gasteiger partial charge in [0.1, 0.15) is 0 Å². The fourth-order valence-electron chi connectivity index (χ4n) is 2.14. The summed E-state index contributed by atoms with van der Waals surface area (Å²) in [5, 5.41) is 11.6. The van der Waals surface area contributed by atoms with Gasteiger partial charge < -0.3 is 10.4 Å². The molecule has 0 aromatic rings. The van der Waals surface area contributed by atoms with Crippen molar-refractivity contribution in [3.8, 4) is 0 Å². The molecule has 3 nitrogen and oxygen atoms in total.